The number of carbonyl (C=O) groups is 2. The van der Waals surface area contributed by atoms with Crippen LogP contribution in [0.5, 0.6) is 0 Å². The highest BCUT2D eigenvalue weighted by Gasteiger charge is 2.14. The van der Waals surface area contributed by atoms with Crippen molar-refractivity contribution in [2.45, 2.75) is 13.5 Å². The van der Waals surface area contributed by atoms with E-state index >= 15 is 0 Å². The number of aromatic nitrogens is 3. The lowest BCUT2D eigenvalue weighted by atomic mass is 10.3. The van der Waals surface area contributed by atoms with Gasteiger partial charge in [-0.25, -0.2) is 9.97 Å². The summed E-state index contributed by atoms with van der Waals surface area (Å²) in [4.78, 5) is 32.2. The summed E-state index contributed by atoms with van der Waals surface area (Å²) in [6.45, 7) is 1.30. The van der Waals surface area contributed by atoms with Crippen LogP contribution in [0.1, 0.15) is 5.82 Å². The number of ether oxygens (including phenoxy) is 1. The van der Waals surface area contributed by atoms with Crippen molar-refractivity contribution in [2.75, 3.05) is 11.9 Å². The van der Waals surface area contributed by atoms with Gasteiger partial charge in [0.2, 0.25) is 0 Å². The Morgan fingerprint density at radius 3 is 2.81 bits per heavy atom. The smallest absolute Gasteiger partial charge is 0.326 e. The summed E-state index contributed by atoms with van der Waals surface area (Å²) in [5.41, 5.74) is 1.61. The van der Waals surface area contributed by atoms with Gasteiger partial charge in [-0.15, -0.1) is 0 Å². The van der Waals surface area contributed by atoms with E-state index in [9.17, 15) is 9.59 Å². The number of hydrogen-bond donors (Lipinski definition) is 1. The molecule has 0 spiro atoms. The minimum atomic E-state index is -0.554. The van der Waals surface area contributed by atoms with Crippen LogP contribution in [0.25, 0.3) is 11.0 Å². The Bertz CT molecular complexity index is 987. The van der Waals surface area contributed by atoms with Crippen LogP contribution < -0.4 is 5.32 Å². The number of nitrogens with zero attached hydrogens (tertiary/aromatic N) is 3. The summed E-state index contributed by atoms with van der Waals surface area (Å²) in [7, 11) is 0. The number of anilines is 1. The average Bonchev–Trinajstić information content (AvgIpc) is 2.91. The molecule has 1 N–H and O–H groups in total. The van der Waals surface area contributed by atoms with E-state index in [1.165, 1.54) is 12.3 Å². The van der Waals surface area contributed by atoms with Crippen molar-refractivity contribution in [3.63, 3.8) is 0 Å². The van der Waals surface area contributed by atoms with E-state index in [0.29, 0.717) is 10.8 Å². The third kappa shape index (κ3) is 4.12. The second-order valence-corrected chi connectivity index (χ2v) is 6.27. The first-order chi connectivity index (χ1) is 12.4. The molecule has 0 fully saturated rings. The highest BCUT2D eigenvalue weighted by Crippen LogP contribution is 2.22. The van der Waals surface area contributed by atoms with Crippen molar-refractivity contribution < 1.29 is 14.3 Å². The molecule has 0 bridgehead atoms. The monoisotopic (exact) mass is 392 g/mol. The van der Waals surface area contributed by atoms with Crippen molar-refractivity contribution in [1.82, 2.24) is 14.5 Å². The number of carbonyl (C=O) groups excluding carboxylic acids is 2. The lowest BCUT2D eigenvalue weighted by Crippen LogP contribution is -2.23. The Kier molecular flexibility index (Phi) is 5.39. The molecule has 0 aliphatic heterocycles. The zero-order valence-corrected chi connectivity index (χ0v) is 15.2. The standard InChI is InChI=1S/C17H14Cl2N4O3/c1-10-21-13-4-2-3-5-14(13)23(10)8-16(25)26-9-15(24)22-17-12(19)6-11(18)7-20-17/h2-7H,8-9H2,1H3,(H,20,22,24). The molecule has 9 heteroatoms. The molecule has 2 aromatic heterocycles. The van der Waals surface area contributed by atoms with Crippen LogP contribution in [0, 0.1) is 6.92 Å². The maximum absolute atomic E-state index is 12.1. The van der Waals surface area contributed by atoms with Crippen LogP contribution in [-0.2, 0) is 20.9 Å². The van der Waals surface area contributed by atoms with Gasteiger partial charge in [0.15, 0.2) is 12.4 Å². The largest absolute Gasteiger partial charge is 0.454 e. The molecule has 0 radical (unpaired) electrons. The molecule has 1 amide bonds. The maximum atomic E-state index is 12.1. The van der Waals surface area contributed by atoms with E-state index in [0.717, 1.165) is 11.0 Å². The van der Waals surface area contributed by atoms with E-state index in [1.807, 2.05) is 24.3 Å². The SMILES string of the molecule is Cc1nc2ccccc2n1CC(=O)OCC(=O)Nc1ncc(Cl)cc1Cl. The number of aryl methyl sites for hydroxylation is 1. The fraction of sp³-hybridized carbons (Fsp3) is 0.176. The van der Waals surface area contributed by atoms with Crippen molar-refractivity contribution in [1.29, 1.82) is 0 Å². The topological polar surface area (TPSA) is 86.1 Å². The van der Waals surface area contributed by atoms with E-state index < -0.39 is 18.5 Å². The van der Waals surface area contributed by atoms with Gasteiger partial charge in [0.05, 0.1) is 21.1 Å². The Labute approximate surface area is 158 Å². The molecule has 0 saturated heterocycles. The van der Waals surface area contributed by atoms with Crippen LogP contribution in [0.2, 0.25) is 10.0 Å². The molecular weight excluding hydrogens is 379 g/mol. The number of nitrogens with one attached hydrogen (secondary N) is 1. The van der Waals surface area contributed by atoms with E-state index in [4.69, 9.17) is 27.9 Å². The third-order valence-corrected chi connectivity index (χ3v) is 4.06. The second-order valence-electron chi connectivity index (χ2n) is 5.43. The first kappa shape index (κ1) is 18.2. The van der Waals surface area contributed by atoms with Crippen LogP contribution in [0.4, 0.5) is 5.82 Å². The summed E-state index contributed by atoms with van der Waals surface area (Å²) in [6, 6.07) is 8.91. The molecule has 134 valence electrons. The summed E-state index contributed by atoms with van der Waals surface area (Å²) in [5.74, 6) is -0.276. The van der Waals surface area contributed by atoms with Crippen LogP contribution in [0.15, 0.2) is 36.5 Å². The molecule has 0 aliphatic carbocycles. The Morgan fingerprint density at radius 2 is 2.04 bits per heavy atom. The van der Waals surface area contributed by atoms with E-state index in [-0.39, 0.29) is 17.4 Å². The first-order valence-electron chi connectivity index (χ1n) is 7.62. The molecule has 26 heavy (non-hydrogen) atoms. The molecule has 2 heterocycles. The predicted octanol–water partition coefficient (Wildman–Crippen LogP) is 3.23. The van der Waals surface area contributed by atoms with Gasteiger partial charge in [0.1, 0.15) is 12.4 Å². The van der Waals surface area contributed by atoms with Crippen molar-refractivity contribution >= 4 is 51.9 Å². The fourth-order valence-corrected chi connectivity index (χ4v) is 2.82. The van der Waals surface area contributed by atoms with Crippen LogP contribution >= 0.6 is 23.2 Å². The molecule has 3 aromatic rings. The number of benzene rings is 1. The number of halogens is 2. The summed E-state index contributed by atoms with van der Waals surface area (Å²) < 4.78 is 6.75. The van der Waals surface area contributed by atoms with E-state index in [1.54, 1.807) is 11.5 Å². The van der Waals surface area contributed by atoms with Crippen LogP contribution in [-0.4, -0.2) is 33.0 Å². The maximum Gasteiger partial charge on any atom is 0.326 e. The van der Waals surface area contributed by atoms with Crippen molar-refractivity contribution in [3.05, 3.63) is 52.4 Å². The summed E-state index contributed by atoms with van der Waals surface area (Å²) in [5, 5.41) is 3.00. The minimum Gasteiger partial charge on any atom is -0.454 e. The number of fused-ring (bicyclic) bond motifs is 1. The molecule has 0 saturated carbocycles. The van der Waals surface area contributed by atoms with Crippen LogP contribution in [0.3, 0.4) is 0 Å². The van der Waals surface area contributed by atoms with Gasteiger partial charge >= 0.3 is 5.97 Å². The number of amides is 1. The zero-order valence-electron chi connectivity index (χ0n) is 13.7. The summed E-state index contributed by atoms with van der Waals surface area (Å²) in [6.07, 6.45) is 1.35. The zero-order chi connectivity index (χ0) is 18.7. The second kappa shape index (κ2) is 7.72. The quantitative estimate of drug-likeness (QED) is 0.673. The van der Waals surface area contributed by atoms with Gasteiger partial charge in [0, 0.05) is 6.20 Å². The Balaban J connectivity index is 1.58. The minimum absolute atomic E-state index is 0.0421. The number of pyridine rings is 1. The van der Waals surface area contributed by atoms with Gasteiger partial charge in [-0.05, 0) is 25.1 Å². The molecular formula is C17H14Cl2N4O3. The third-order valence-electron chi connectivity index (χ3n) is 3.56. The Morgan fingerprint density at radius 1 is 1.27 bits per heavy atom. The molecule has 0 aliphatic rings. The number of para-hydroxylation sites is 2. The molecule has 3 rings (SSSR count). The van der Waals surface area contributed by atoms with Crippen molar-refractivity contribution in [3.8, 4) is 0 Å². The van der Waals surface area contributed by atoms with Gasteiger partial charge in [-0.1, -0.05) is 35.3 Å². The number of esters is 1. The fourth-order valence-electron chi connectivity index (χ4n) is 2.39. The van der Waals surface area contributed by atoms with Gasteiger partial charge in [0.25, 0.3) is 5.91 Å². The highest BCUT2D eigenvalue weighted by atomic mass is 35.5. The highest BCUT2D eigenvalue weighted by molar-refractivity contribution is 6.36. The lowest BCUT2D eigenvalue weighted by Gasteiger charge is -2.09. The number of hydrogen-bond acceptors (Lipinski definition) is 5. The average molecular weight is 393 g/mol. The predicted molar refractivity (Wildman–Crippen MR) is 98.3 cm³/mol. The van der Waals surface area contributed by atoms with Gasteiger partial charge < -0.3 is 14.6 Å². The molecule has 7 nitrogen and oxygen atoms in total. The Hall–Kier alpha value is -2.64. The number of rotatable bonds is 5. The lowest BCUT2D eigenvalue weighted by molar-refractivity contribution is -0.147. The van der Waals surface area contributed by atoms with Crippen molar-refractivity contribution in [2.24, 2.45) is 0 Å². The van der Waals surface area contributed by atoms with Gasteiger partial charge in [-0.3, -0.25) is 9.59 Å². The summed E-state index contributed by atoms with van der Waals surface area (Å²) >= 11 is 11.7. The molecule has 0 atom stereocenters. The molecule has 1 aromatic carbocycles. The normalized spacial score (nSPS) is 10.7. The molecule has 0 unspecified atom stereocenters. The van der Waals surface area contributed by atoms with Gasteiger partial charge in [-0.2, -0.15) is 0 Å². The number of imidazole rings is 1. The van der Waals surface area contributed by atoms with E-state index in [2.05, 4.69) is 15.3 Å². The first-order valence-corrected chi connectivity index (χ1v) is 8.38.